The number of rotatable bonds is 6. The predicted octanol–water partition coefficient (Wildman–Crippen LogP) is 6.25. The summed E-state index contributed by atoms with van der Waals surface area (Å²) in [5, 5.41) is 0. The van der Waals surface area contributed by atoms with Crippen LogP contribution in [-0.2, 0) is 0 Å². The molecule has 1 aliphatic rings. The van der Waals surface area contributed by atoms with Crippen LogP contribution in [0.1, 0.15) is 33.6 Å². The third-order valence-corrected chi connectivity index (χ3v) is 2.47. The third-order valence-electron chi connectivity index (χ3n) is 2.47. The third kappa shape index (κ3) is 8.13. The van der Waals surface area contributed by atoms with Crippen molar-refractivity contribution in [3.05, 3.63) is 90.3 Å². The molecule has 0 nitrogen and oxygen atoms in total. The molecule has 0 amide bonds. The molecular weight excluding hydrogens is 240 g/mol. The van der Waals surface area contributed by atoms with Gasteiger partial charge in [0.2, 0.25) is 0 Å². The van der Waals surface area contributed by atoms with Crippen LogP contribution in [0.5, 0.6) is 0 Å². The van der Waals surface area contributed by atoms with Crippen molar-refractivity contribution >= 4 is 0 Å². The normalized spacial score (nSPS) is 14.2. The second-order valence-corrected chi connectivity index (χ2v) is 3.88. The summed E-state index contributed by atoms with van der Waals surface area (Å²) in [5.74, 6) is 0. The Morgan fingerprint density at radius 2 is 2.00 bits per heavy atom. The van der Waals surface area contributed by atoms with Crippen molar-refractivity contribution in [3.8, 4) is 0 Å². The van der Waals surface area contributed by atoms with Gasteiger partial charge in [0.05, 0.1) is 0 Å². The zero-order valence-electron chi connectivity index (χ0n) is 13.0. The zero-order valence-corrected chi connectivity index (χ0v) is 13.0. The molecule has 1 rings (SSSR count). The number of allylic oxidation sites excluding steroid dienone is 12. The summed E-state index contributed by atoms with van der Waals surface area (Å²) in [7, 11) is 0. The van der Waals surface area contributed by atoms with Crippen molar-refractivity contribution in [1.29, 1.82) is 0 Å². The van der Waals surface area contributed by atoms with Crippen molar-refractivity contribution in [2.24, 2.45) is 0 Å². The average Bonchev–Trinajstić information content (AvgIpc) is 2.77. The molecule has 0 saturated heterocycles. The van der Waals surface area contributed by atoms with E-state index in [0.717, 1.165) is 12.8 Å². The Balaban J connectivity index is 0.00000172. The molecule has 1 aliphatic carbocycles. The van der Waals surface area contributed by atoms with Crippen LogP contribution in [0, 0.1) is 0 Å². The Labute approximate surface area is 124 Å². The van der Waals surface area contributed by atoms with Crippen LogP contribution in [0.4, 0.5) is 0 Å². The first-order valence-corrected chi connectivity index (χ1v) is 7.31. The number of hydrogen-bond acceptors (Lipinski definition) is 0. The summed E-state index contributed by atoms with van der Waals surface area (Å²) in [6.45, 7) is 9.80. The van der Waals surface area contributed by atoms with Gasteiger partial charge >= 0.3 is 0 Å². The van der Waals surface area contributed by atoms with Gasteiger partial charge in [-0.05, 0) is 36.1 Å². The molecule has 0 heterocycles. The Hall–Kier alpha value is -2.04. The van der Waals surface area contributed by atoms with Crippen molar-refractivity contribution in [2.75, 3.05) is 0 Å². The Morgan fingerprint density at radius 1 is 1.20 bits per heavy atom. The van der Waals surface area contributed by atoms with E-state index >= 15 is 0 Å². The lowest BCUT2D eigenvalue weighted by Gasteiger charge is -2.04. The molecule has 0 bridgehead atoms. The summed E-state index contributed by atoms with van der Waals surface area (Å²) in [4.78, 5) is 0. The standard InChI is InChI=1S/C18H20.C2H6/c1-3-5-6-7-10-14-17(13-4-2)18-15-11-8-9-12-16-18;1-2/h3,5-11,13,15-16H,1,4,14H2,2H3;1-2H3/b6-5-,10-7-,17-13-;. The van der Waals surface area contributed by atoms with Crippen LogP contribution >= 0.6 is 0 Å². The Morgan fingerprint density at radius 3 is 2.70 bits per heavy atom. The van der Waals surface area contributed by atoms with Gasteiger partial charge in [-0.2, -0.15) is 0 Å². The van der Waals surface area contributed by atoms with Crippen LogP contribution in [0.25, 0.3) is 0 Å². The molecule has 0 spiro atoms. The van der Waals surface area contributed by atoms with Crippen molar-refractivity contribution < 1.29 is 0 Å². The minimum Gasteiger partial charge on any atom is -0.120 e. The molecule has 0 heteroatoms. The largest absolute Gasteiger partial charge is 0.120 e. The first-order chi connectivity index (χ1) is 9.88. The smallest absolute Gasteiger partial charge is 0.00913 e. The SMILES string of the molecule is C=C/C=C\C=C/C/C(=C/CC)C1=CC=CC=C=C1.CC. The summed E-state index contributed by atoms with van der Waals surface area (Å²) in [6, 6.07) is 0. The lowest BCUT2D eigenvalue weighted by Crippen LogP contribution is -1.85. The maximum absolute atomic E-state index is 3.64. The van der Waals surface area contributed by atoms with Gasteiger partial charge in [-0.1, -0.05) is 82.0 Å². The van der Waals surface area contributed by atoms with E-state index < -0.39 is 0 Å². The zero-order chi connectivity index (χ0) is 15.1. The molecular formula is C20H26. The summed E-state index contributed by atoms with van der Waals surface area (Å²) in [6.07, 6.45) is 24.3. The van der Waals surface area contributed by atoms with E-state index in [9.17, 15) is 0 Å². The van der Waals surface area contributed by atoms with Gasteiger partial charge in [0.1, 0.15) is 0 Å². The molecule has 106 valence electrons. The maximum Gasteiger partial charge on any atom is -0.00913 e. The molecule has 0 aromatic carbocycles. The predicted molar refractivity (Wildman–Crippen MR) is 92.7 cm³/mol. The van der Waals surface area contributed by atoms with Gasteiger partial charge in [-0.3, -0.25) is 0 Å². The molecule has 0 aromatic rings. The minimum atomic E-state index is 0.938. The Kier molecular flexibility index (Phi) is 12.0. The Bertz CT molecular complexity index is 470. The molecule has 0 aromatic heterocycles. The molecule has 0 saturated carbocycles. The van der Waals surface area contributed by atoms with Gasteiger partial charge in [0, 0.05) is 0 Å². The summed E-state index contributed by atoms with van der Waals surface area (Å²) in [5.41, 5.74) is 5.73. The quantitative estimate of drug-likeness (QED) is 0.394. The van der Waals surface area contributed by atoms with Crippen molar-refractivity contribution in [1.82, 2.24) is 0 Å². The second-order valence-electron chi connectivity index (χ2n) is 3.88. The van der Waals surface area contributed by atoms with E-state index in [4.69, 9.17) is 0 Å². The van der Waals surface area contributed by atoms with Crippen LogP contribution in [0.2, 0.25) is 0 Å². The highest BCUT2D eigenvalue weighted by atomic mass is 14.0. The lowest BCUT2D eigenvalue weighted by molar-refractivity contribution is 1.14. The van der Waals surface area contributed by atoms with E-state index in [-0.39, 0.29) is 0 Å². The highest BCUT2D eigenvalue weighted by Crippen LogP contribution is 2.18. The second kappa shape index (κ2) is 13.4. The van der Waals surface area contributed by atoms with Crippen LogP contribution in [0.15, 0.2) is 90.3 Å². The van der Waals surface area contributed by atoms with E-state index in [1.807, 2.05) is 44.2 Å². The van der Waals surface area contributed by atoms with Crippen molar-refractivity contribution in [3.63, 3.8) is 0 Å². The molecule has 20 heavy (non-hydrogen) atoms. The molecule has 0 N–H and O–H groups in total. The molecule has 0 atom stereocenters. The van der Waals surface area contributed by atoms with E-state index in [1.54, 1.807) is 6.08 Å². The van der Waals surface area contributed by atoms with Gasteiger partial charge < -0.3 is 0 Å². The molecule has 0 radical (unpaired) electrons. The fraction of sp³-hybridized carbons (Fsp3) is 0.250. The summed E-state index contributed by atoms with van der Waals surface area (Å²) >= 11 is 0. The van der Waals surface area contributed by atoms with Crippen LogP contribution in [0.3, 0.4) is 0 Å². The maximum atomic E-state index is 3.64. The van der Waals surface area contributed by atoms with Crippen molar-refractivity contribution in [2.45, 2.75) is 33.6 Å². The molecule has 0 fully saturated rings. The van der Waals surface area contributed by atoms with E-state index in [1.165, 1.54) is 11.1 Å². The molecule has 0 aliphatic heterocycles. The fourth-order valence-electron chi connectivity index (χ4n) is 1.64. The van der Waals surface area contributed by atoms with Gasteiger partial charge in [0.25, 0.3) is 0 Å². The highest BCUT2D eigenvalue weighted by Gasteiger charge is 1.99. The average molecular weight is 266 g/mol. The summed E-state index contributed by atoms with van der Waals surface area (Å²) < 4.78 is 0. The van der Waals surface area contributed by atoms with E-state index in [2.05, 4.69) is 49.6 Å². The van der Waals surface area contributed by atoms with Crippen LogP contribution < -0.4 is 0 Å². The number of hydrogen-bond donors (Lipinski definition) is 0. The van der Waals surface area contributed by atoms with Gasteiger partial charge in [-0.25, -0.2) is 0 Å². The fourth-order valence-corrected chi connectivity index (χ4v) is 1.64. The van der Waals surface area contributed by atoms with Crippen LogP contribution in [-0.4, -0.2) is 0 Å². The monoisotopic (exact) mass is 266 g/mol. The highest BCUT2D eigenvalue weighted by molar-refractivity contribution is 5.44. The van der Waals surface area contributed by atoms with Gasteiger partial charge in [0.15, 0.2) is 0 Å². The lowest BCUT2D eigenvalue weighted by atomic mass is 10.0. The molecule has 0 unspecified atom stereocenters. The van der Waals surface area contributed by atoms with Gasteiger partial charge in [-0.15, -0.1) is 5.73 Å². The topological polar surface area (TPSA) is 0 Å². The first kappa shape index (κ1) is 18.0. The van der Waals surface area contributed by atoms with E-state index in [0.29, 0.717) is 0 Å². The minimum absolute atomic E-state index is 0.938. The first-order valence-electron chi connectivity index (χ1n) is 7.31.